The summed E-state index contributed by atoms with van der Waals surface area (Å²) in [5, 5.41) is 4.89. The number of hydrogen-bond donors (Lipinski definition) is 1. The van der Waals surface area contributed by atoms with Crippen LogP contribution in [0, 0.1) is 6.92 Å². The highest BCUT2D eigenvalue weighted by Gasteiger charge is 2.19. The monoisotopic (exact) mass is 430 g/mol. The molecule has 0 fully saturated rings. The van der Waals surface area contributed by atoms with Crippen molar-refractivity contribution < 1.29 is 22.1 Å². The molecule has 1 N–H and O–H groups in total. The van der Waals surface area contributed by atoms with Gasteiger partial charge in [-0.05, 0) is 42.8 Å². The van der Waals surface area contributed by atoms with E-state index in [2.05, 4.69) is 10.3 Å². The highest BCUT2D eigenvalue weighted by molar-refractivity contribution is 7.87. The second-order valence-electron chi connectivity index (χ2n) is 5.92. The molecular formula is C20H18N2O5S2. The van der Waals surface area contributed by atoms with Gasteiger partial charge in [0.1, 0.15) is 4.90 Å². The third-order valence-corrected chi connectivity index (χ3v) is 5.72. The number of hydrogen-bond acceptors (Lipinski definition) is 7. The van der Waals surface area contributed by atoms with Crippen LogP contribution in [-0.4, -0.2) is 26.4 Å². The molecule has 0 bridgehead atoms. The Morgan fingerprint density at radius 3 is 2.55 bits per heavy atom. The summed E-state index contributed by atoms with van der Waals surface area (Å²) < 4.78 is 35.4. The number of ether oxygens (including phenoxy) is 1. The summed E-state index contributed by atoms with van der Waals surface area (Å²) in [6.45, 7) is 1.86. The molecule has 1 heterocycles. The number of rotatable bonds is 7. The molecule has 7 nitrogen and oxygen atoms in total. The number of anilines is 1. The van der Waals surface area contributed by atoms with E-state index in [1.807, 2.05) is 6.92 Å². The predicted octanol–water partition coefficient (Wildman–Crippen LogP) is 3.88. The van der Waals surface area contributed by atoms with Crippen LogP contribution >= 0.6 is 11.3 Å². The van der Waals surface area contributed by atoms with Gasteiger partial charge in [-0.1, -0.05) is 23.8 Å². The maximum absolute atomic E-state index is 12.5. The molecule has 3 aromatic rings. The van der Waals surface area contributed by atoms with Crippen LogP contribution in [0.3, 0.4) is 0 Å². The van der Waals surface area contributed by atoms with Crippen molar-refractivity contribution in [3.05, 3.63) is 71.2 Å². The van der Waals surface area contributed by atoms with Gasteiger partial charge in [-0.2, -0.15) is 8.42 Å². The largest absolute Gasteiger partial charge is 0.493 e. The minimum atomic E-state index is -4.00. The molecule has 0 atom stereocenters. The lowest BCUT2D eigenvalue weighted by atomic mass is 10.2. The lowest BCUT2D eigenvalue weighted by Gasteiger charge is -2.11. The van der Waals surface area contributed by atoms with E-state index in [1.54, 1.807) is 41.9 Å². The first-order valence-corrected chi connectivity index (χ1v) is 10.7. The number of nitrogens with one attached hydrogen (secondary N) is 1. The molecule has 0 aliphatic heterocycles. The maximum atomic E-state index is 12.5. The fraction of sp³-hybridized carbons (Fsp3) is 0.100. The third-order valence-electron chi connectivity index (χ3n) is 3.79. The zero-order valence-electron chi connectivity index (χ0n) is 15.7. The van der Waals surface area contributed by atoms with E-state index in [4.69, 9.17) is 8.92 Å². The Morgan fingerprint density at radius 1 is 1.14 bits per heavy atom. The Labute approximate surface area is 172 Å². The van der Waals surface area contributed by atoms with E-state index in [0.29, 0.717) is 10.7 Å². The third kappa shape index (κ3) is 5.43. The van der Waals surface area contributed by atoms with Gasteiger partial charge in [0.15, 0.2) is 16.6 Å². The van der Waals surface area contributed by atoms with E-state index in [-0.39, 0.29) is 22.3 Å². The van der Waals surface area contributed by atoms with Gasteiger partial charge in [-0.15, -0.1) is 11.3 Å². The molecule has 2 aromatic carbocycles. The molecule has 0 radical (unpaired) electrons. The van der Waals surface area contributed by atoms with Crippen LogP contribution in [0.5, 0.6) is 11.5 Å². The molecule has 0 saturated heterocycles. The van der Waals surface area contributed by atoms with Gasteiger partial charge < -0.3 is 8.92 Å². The first kappa shape index (κ1) is 20.6. The van der Waals surface area contributed by atoms with Crippen LogP contribution < -0.4 is 14.2 Å². The highest BCUT2D eigenvalue weighted by atomic mass is 32.2. The highest BCUT2D eigenvalue weighted by Crippen LogP contribution is 2.31. The van der Waals surface area contributed by atoms with Gasteiger partial charge >= 0.3 is 10.1 Å². The Bertz CT molecular complexity index is 1120. The van der Waals surface area contributed by atoms with Crippen molar-refractivity contribution >= 4 is 38.6 Å². The molecule has 150 valence electrons. The number of thiazole rings is 1. The number of amides is 1. The standard InChI is InChI=1S/C20H18N2O5S2/c1-14-3-7-16(8-4-14)29(24,25)27-17-9-5-15(13-18(17)26-2)6-10-19(23)22-20-21-11-12-28-20/h3-13H,1-2H3,(H,21,22,23)/b10-6+. The zero-order valence-corrected chi connectivity index (χ0v) is 17.3. The Hall–Kier alpha value is -3.17. The molecule has 3 rings (SSSR count). The number of carbonyl (C=O) groups is 1. The fourth-order valence-corrected chi connectivity index (χ4v) is 3.80. The molecular weight excluding hydrogens is 412 g/mol. The van der Waals surface area contributed by atoms with Crippen molar-refractivity contribution in [2.24, 2.45) is 0 Å². The maximum Gasteiger partial charge on any atom is 0.339 e. The van der Waals surface area contributed by atoms with Crippen LogP contribution in [0.2, 0.25) is 0 Å². The van der Waals surface area contributed by atoms with Gasteiger partial charge in [0.05, 0.1) is 7.11 Å². The van der Waals surface area contributed by atoms with Crippen LogP contribution in [0.4, 0.5) is 5.13 Å². The quantitative estimate of drug-likeness (QED) is 0.452. The van der Waals surface area contributed by atoms with E-state index in [0.717, 1.165) is 5.56 Å². The van der Waals surface area contributed by atoms with Gasteiger partial charge in [0.2, 0.25) is 5.91 Å². The molecule has 9 heteroatoms. The Morgan fingerprint density at radius 2 is 1.90 bits per heavy atom. The number of carbonyl (C=O) groups excluding carboxylic acids is 1. The molecule has 0 aliphatic rings. The van der Waals surface area contributed by atoms with Crippen molar-refractivity contribution in [2.45, 2.75) is 11.8 Å². The van der Waals surface area contributed by atoms with Crippen LogP contribution in [0.1, 0.15) is 11.1 Å². The number of aromatic nitrogens is 1. The molecule has 1 amide bonds. The number of benzene rings is 2. The summed E-state index contributed by atoms with van der Waals surface area (Å²) in [7, 11) is -2.59. The van der Waals surface area contributed by atoms with Gasteiger partial charge in [0, 0.05) is 17.7 Å². The summed E-state index contributed by atoms with van der Waals surface area (Å²) in [4.78, 5) is 15.9. The molecule has 0 aliphatic carbocycles. The topological polar surface area (TPSA) is 94.6 Å². The minimum absolute atomic E-state index is 0.0491. The molecule has 29 heavy (non-hydrogen) atoms. The molecule has 0 spiro atoms. The van der Waals surface area contributed by atoms with E-state index >= 15 is 0 Å². The van der Waals surface area contributed by atoms with Crippen LogP contribution in [0.25, 0.3) is 6.08 Å². The molecule has 0 unspecified atom stereocenters. The van der Waals surface area contributed by atoms with E-state index in [9.17, 15) is 13.2 Å². The van der Waals surface area contributed by atoms with Crippen molar-refractivity contribution in [3.63, 3.8) is 0 Å². The first-order valence-electron chi connectivity index (χ1n) is 8.45. The van der Waals surface area contributed by atoms with Crippen LogP contribution in [0.15, 0.2) is 65.0 Å². The second kappa shape index (κ2) is 8.89. The first-order chi connectivity index (χ1) is 13.9. The van der Waals surface area contributed by atoms with Crippen molar-refractivity contribution in [1.82, 2.24) is 4.98 Å². The van der Waals surface area contributed by atoms with Crippen molar-refractivity contribution in [1.29, 1.82) is 0 Å². The lowest BCUT2D eigenvalue weighted by molar-refractivity contribution is -0.111. The van der Waals surface area contributed by atoms with Crippen LogP contribution in [-0.2, 0) is 14.9 Å². The molecule has 1 aromatic heterocycles. The lowest BCUT2D eigenvalue weighted by Crippen LogP contribution is -2.10. The van der Waals surface area contributed by atoms with Crippen molar-refractivity contribution in [3.8, 4) is 11.5 Å². The SMILES string of the molecule is COc1cc(/C=C/C(=O)Nc2nccs2)ccc1OS(=O)(=O)c1ccc(C)cc1. The second-order valence-corrected chi connectivity index (χ2v) is 8.36. The summed E-state index contributed by atoms with van der Waals surface area (Å²) in [6.07, 6.45) is 4.52. The smallest absolute Gasteiger partial charge is 0.339 e. The average Bonchev–Trinajstić information content (AvgIpc) is 3.20. The normalized spacial score (nSPS) is 11.4. The molecule has 0 saturated carbocycles. The summed E-state index contributed by atoms with van der Waals surface area (Å²) >= 11 is 1.31. The van der Waals surface area contributed by atoms with E-state index < -0.39 is 10.1 Å². The van der Waals surface area contributed by atoms with E-state index in [1.165, 1.54) is 42.7 Å². The zero-order chi connectivity index (χ0) is 20.9. The Kier molecular flexibility index (Phi) is 6.30. The average molecular weight is 431 g/mol. The fourth-order valence-electron chi connectivity index (χ4n) is 2.33. The minimum Gasteiger partial charge on any atom is -0.493 e. The summed E-state index contributed by atoms with van der Waals surface area (Å²) in [6, 6.07) is 11.0. The summed E-state index contributed by atoms with van der Waals surface area (Å²) in [5.74, 6) is -0.0539. The van der Waals surface area contributed by atoms with Crippen molar-refractivity contribution in [2.75, 3.05) is 12.4 Å². The van der Waals surface area contributed by atoms with Gasteiger partial charge in [-0.25, -0.2) is 4.98 Å². The predicted molar refractivity (Wildman–Crippen MR) is 112 cm³/mol. The summed E-state index contributed by atoms with van der Waals surface area (Å²) in [5.41, 5.74) is 1.58. The number of aryl methyl sites for hydroxylation is 1. The Balaban J connectivity index is 1.75. The number of methoxy groups -OCH3 is 1. The number of nitrogens with zero attached hydrogens (tertiary/aromatic N) is 1. The van der Waals surface area contributed by atoms with Gasteiger partial charge in [-0.3, -0.25) is 10.1 Å². The van der Waals surface area contributed by atoms with Gasteiger partial charge in [0.25, 0.3) is 0 Å².